The Bertz CT molecular complexity index is 984. The smallest absolute Gasteiger partial charge is 0.223 e. The lowest BCUT2D eigenvalue weighted by Gasteiger charge is -2.36. The molecule has 7 heteroatoms. The molecule has 0 unspecified atom stereocenters. The van der Waals surface area contributed by atoms with E-state index in [1.54, 1.807) is 6.20 Å². The lowest BCUT2D eigenvalue weighted by molar-refractivity contribution is -0.107. The number of ether oxygens (including phenoxy) is 2. The summed E-state index contributed by atoms with van der Waals surface area (Å²) in [4.78, 5) is 9.31. The van der Waals surface area contributed by atoms with E-state index in [0.29, 0.717) is 18.5 Å². The van der Waals surface area contributed by atoms with Crippen LogP contribution in [0.4, 0.5) is 0 Å². The number of rotatable bonds is 6. The van der Waals surface area contributed by atoms with Crippen molar-refractivity contribution in [3.05, 3.63) is 36.8 Å². The fourth-order valence-electron chi connectivity index (χ4n) is 3.53. The molecule has 1 fully saturated rings. The highest BCUT2D eigenvalue weighted by molar-refractivity contribution is 5.86. The maximum absolute atomic E-state index is 6.15. The highest BCUT2D eigenvalue weighted by Gasteiger charge is 2.29. The lowest BCUT2D eigenvalue weighted by atomic mass is 10.1. The van der Waals surface area contributed by atoms with Gasteiger partial charge in [-0.3, -0.25) is 9.67 Å². The first kappa shape index (κ1) is 19.8. The maximum atomic E-state index is 6.15. The molecule has 0 radical (unpaired) electrons. The van der Waals surface area contributed by atoms with Crippen LogP contribution < -0.4 is 10.1 Å². The van der Waals surface area contributed by atoms with Gasteiger partial charge in [-0.05, 0) is 45.4 Å². The second kappa shape index (κ2) is 8.08. The Morgan fingerprint density at radius 1 is 1.41 bits per heavy atom. The van der Waals surface area contributed by atoms with Gasteiger partial charge in [0.1, 0.15) is 12.7 Å². The van der Waals surface area contributed by atoms with Crippen molar-refractivity contribution in [3.63, 3.8) is 0 Å². The molecule has 154 valence electrons. The van der Waals surface area contributed by atoms with Gasteiger partial charge in [0, 0.05) is 37.1 Å². The molecule has 1 saturated heterocycles. The quantitative estimate of drug-likeness (QED) is 0.687. The predicted octanol–water partition coefficient (Wildman–Crippen LogP) is 3.61. The number of nitrogens with zero attached hydrogens (tertiary/aromatic N) is 4. The van der Waals surface area contributed by atoms with Crippen molar-refractivity contribution in [2.45, 2.75) is 51.9 Å². The summed E-state index contributed by atoms with van der Waals surface area (Å²) in [6, 6.07) is 6.22. The maximum Gasteiger partial charge on any atom is 0.223 e. The van der Waals surface area contributed by atoms with Crippen LogP contribution in [0.3, 0.4) is 0 Å². The van der Waals surface area contributed by atoms with Crippen LogP contribution in [-0.2, 0) is 4.74 Å². The third-order valence-corrected chi connectivity index (χ3v) is 5.32. The molecule has 1 aliphatic rings. The van der Waals surface area contributed by atoms with E-state index in [2.05, 4.69) is 43.1 Å². The van der Waals surface area contributed by atoms with Crippen molar-refractivity contribution < 1.29 is 9.47 Å². The molecule has 0 saturated carbocycles. The molecule has 0 spiro atoms. The molecule has 3 aromatic rings. The Kier molecular flexibility index (Phi) is 5.52. The molecule has 0 bridgehead atoms. The van der Waals surface area contributed by atoms with E-state index >= 15 is 0 Å². The average molecular weight is 396 g/mol. The molecule has 4 heterocycles. The molecule has 1 N–H and O–H groups in total. The Balaban J connectivity index is 1.62. The number of nitrogens with one attached hydrogen (secondary N) is 1. The predicted molar refractivity (Wildman–Crippen MR) is 113 cm³/mol. The highest BCUT2D eigenvalue weighted by atomic mass is 16.6. The largest absolute Gasteiger partial charge is 0.474 e. The van der Waals surface area contributed by atoms with Gasteiger partial charge in [0.15, 0.2) is 0 Å². The first-order valence-electron chi connectivity index (χ1n) is 10.3. The van der Waals surface area contributed by atoms with Gasteiger partial charge in [0.2, 0.25) is 5.88 Å². The fraction of sp³-hybridized carbons (Fsp3) is 0.500. The van der Waals surface area contributed by atoms with Gasteiger partial charge in [-0.15, -0.1) is 0 Å². The van der Waals surface area contributed by atoms with Crippen molar-refractivity contribution in [1.82, 2.24) is 25.1 Å². The molecule has 4 rings (SSSR count). The van der Waals surface area contributed by atoms with Crippen LogP contribution in [0.15, 0.2) is 36.8 Å². The number of pyridine rings is 2. The minimum Gasteiger partial charge on any atom is -0.474 e. The topological polar surface area (TPSA) is 74.1 Å². The summed E-state index contributed by atoms with van der Waals surface area (Å²) in [5.74, 6) is 0.578. The minimum atomic E-state index is -0.199. The van der Waals surface area contributed by atoms with Gasteiger partial charge in [-0.25, -0.2) is 4.98 Å². The van der Waals surface area contributed by atoms with Gasteiger partial charge in [0.25, 0.3) is 0 Å². The van der Waals surface area contributed by atoms with Crippen LogP contribution in [0.2, 0.25) is 0 Å². The van der Waals surface area contributed by atoms with E-state index in [0.717, 1.165) is 41.7 Å². The molecule has 3 aromatic heterocycles. The Morgan fingerprint density at radius 2 is 2.28 bits per heavy atom. The van der Waals surface area contributed by atoms with E-state index in [9.17, 15) is 0 Å². The van der Waals surface area contributed by atoms with Gasteiger partial charge in [-0.2, -0.15) is 5.10 Å². The van der Waals surface area contributed by atoms with E-state index in [4.69, 9.17) is 14.5 Å². The monoisotopic (exact) mass is 395 g/mol. The summed E-state index contributed by atoms with van der Waals surface area (Å²) >= 11 is 0. The molecule has 0 amide bonds. The van der Waals surface area contributed by atoms with E-state index < -0.39 is 0 Å². The highest BCUT2D eigenvalue weighted by Crippen LogP contribution is 2.29. The van der Waals surface area contributed by atoms with Crippen molar-refractivity contribution in [1.29, 1.82) is 0 Å². The Morgan fingerprint density at radius 3 is 3.07 bits per heavy atom. The minimum absolute atomic E-state index is 0.0240. The van der Waals surface area contributed by atoms with Gasteiger partial charge >= 0.3 is 0 Å². The molecule has 7 nitrogen and oxygen atoms in total. The first-order chi connectivity index (χ1) is 13.9. The second-order valence-electron chi connectivity index (χ2n) is 8.29. The number of fused-ring (bicyclic) bond motifs is 1. The summed E-state index contributed by atoms with van der Waals surface area (Å²) in [7, 11) is 0. The normalized spacial score (nSPS) is 19.9. The molecule has 0 aromatic carbocycles. The molecule has 0 aliphatic carbocycles. The second-order valence-corrected chi connectivity index (χ2v) is 8.29. The molecular weight excluding hydrogens is 366 g/mol. The average Bonchev–Trinajstić information content (AvgIpc) is 3.21. The standard InChI is InChI=1S/C22H29N5O2/c1-5-15(2)27-12-16(10-25-27)19-9-20-18(7-6-8-24-20)21(26-19)28-13-17-11-23-14-22(3,4)29-17/h6-10,12,15,17,23H,5,11,13-14H2,1-4H3/t15-,17-/m0/s1. The van der Waals surface area contributed by atoms with Gasteiger partial charge < -0.3 is 14.8 Å². The zero-order valence-electron chi connectivity index (χ0n) is 17.6. The third kappa shape index (κ3) is 4.41. The molecular formula is C22H29N5O2. The van der Waals surface area contributed by atoms with Crippen LogP contribution in [-0.4, -0.2) is 51.1 Å². The number of morpholine rings is 1. The van der Waals surface area contributed by atoms with Crippen molar-refractivity contribution in [2.24, 2.45) is 0 Å². The van der Waals surface area contributed by atoms with Gasteiger partial charge in [0.05, 0.1) is 28.4 Å². The van der Waals surface area contributed by atoms with E-state index in [-0.39, 0.29) is 11.7 Å². The summed E-state index contributed by atoms with van der Waals surface area (Å²) in [6.07, 6.45) is 6.67. The van der Waals surface area contributed by atoms with Crippen molar-refractivity contribution >= 4 is 10.9 Å². The molecule has 29 heavy (non-hydrogen) atoms. The zero-order chi connectivity index (χ0) is 20.4. The Hall–Kier alpha value is -2.51. The van der Waals surface area contributed by atoms with Crippen LogP contribution in [0.5, 0.6) is 5.88 Å². The van der Waals surface area contributed by atoms with Crippen LogP contribution in [0.25, 0.3) is 22.2 Å². The van der Waals surface area contributed by atoms with Gasteiger partial charge in [-0.1, -0.05) is 6.92 Å². The fourth-order valence-corrected chi connectivity index (χ4v) is 3.53. The van der Waals surface area contributed by atoms with E-state index in [1.165, 1.54) is 0 Å². The number of hydrogen-bond acceptors (Lipinski definition) is 6. The number of hydrogen-bond donors (Lipinski definition) is 1. The van der Waals surface area contributed by atoms with Crippen molar-refractivity contribution in [2.75, 3.05) is 19.7 Å². The first-order valence-corrected chi connectivity index (χ1v) is 10.3. The number of aromatic nitrogens is 4. The summed E-state index contributed by atoms with van der Waals surface area (Å²) < 4.78 is 14.2. The lowest BCUT2D eigenvalue weighted by Crippen LogP contribution is -2.52. The molecule has 1 aliphatic heterocycles. The van der Waals surface area contributed by atoms with Crippen LogP contribution >= 0.6 is 0 Å². The van der Waals surface area contributed by atoms with Crippen molar-refractivity contribution in [3.8, 4) is 17.1 Å². The zero-order valence-corrected chi connectivity index (χ0v) is 17.6. The van der Waals surface area contributed by atoms with E-state index in [1.807, 2.05) is 35.3 Å². The summed E-state index contributed by atoms with van der Waals surface area (Å²) in [6.45, 7) is 10.5. The van der Waals surface area contributed by atoms with Crippen LogP contribution in [0.1, 0.15) is 40.2 Å². The molecule has 2 atom stereocenters. The summed E-state index contributed by atoms with van der Waals surface area (Å²) in [5, 5.41) is 8.80. The Labute approximate surface area is 171 Å². The SMILES string of the molecule is CC[C@H](C)n1cc(-c2cc3ncccc3c(OC[C@@H]3CNCC(C)(C)O3)n2)cn1. The summed E-state index contributed by atoms with van der Waals surface area (Å²) in [5.41, 5.74) is 2.42. The van der Waals surface area contributed by atoms with Crippen LogP contribution in [0, 0.1) is 0 Å². The third-order valence-electron chi connectivity index (χ3n) is 5.32.